The lowest BCUT2D eigenvalue weighted by Gasteiger charge is -2.15. The van der Waals surface area contributed by atoms with E-state index < -0.39 is 6.09 Å². The van der Waals surface area contributed by atoms with Crippen molar-refractivity contribution in [3.63, 3.8) is 0 Å². The van der Waals surface area contributed by atoms with Gasteiger partial charge in [0.25, 0.3) is 5.91 Å². The maximum Gasteiger partial charge on any atom is 0.409 e. The minimum atomic E-state index is -1.13. The Morgan fingerprint density at radius 3 is 2.20 bits per heavy atom. The van der Waals surface area contributed by atoms with Crippen LogP contribution in [0.5, 0.6) is 23.1 Å². The monoisotopic (exact) mass is 564 g/mol. The molecule has 3 aromatic carbocycles. The van der Waals surface area contributed by atoms with E-state index in [1.165, 1.54) is 0 Å². The first kappa shape index (κ1) is 28.0. The Labute approximate surface area is 233 Å². The van der Waals surface area contributed by atoms with Crippen LogP contribution in [0.2, 0.25) is 0 Å². The van der Waals surface area contributed by atoms with E-state index in [-0.39, 0.29) is 23.3 Å². The quantitative estimate of drug-likeness (QED) is 0.151. The highest BCUT2D eigenvalue weighted by molar-refractivity contribution is 7.09. The van der Waals surface area contributed by atoms with E-state index in [1.807, 2.05) is 0 Å². The van der Waals surface area contributed by atoms with Crippen molar-refractivity contribution in [2.75, 3.05) is 29.6 Å². The second-order valence-corrected chi connectivity index (χ2v) is 9.93. The predicted molar refractivity (Wildman–Crippen MR) is 154 cm³/mol. The Hall–Kier alpha value is -4.97. The smallest absolute Gasteiger partial charge is 0.409 e. The molecule has 4 rings (SSSR count). The summed E-state index contributed by atoms with van der Waals surface area (Å²) in [6, 6.07) is 15.7. The third-order valence-corrected chi connectivity index (χ3v) is 6.74. The molecule has 11 nitrogen and oxygen atoms in total. The lowest BCUT2D eigenvalue weighted by molar-refractivity contribution is -0.118. The van der Waals surface area contributed by atoms with Crippen molar-refractivity contribution in [1.82, 2.24) is 4.98 Å². The zero-order chi connectivity index (χ0) is 28.8. The number of amides is 2. The van der Waals surface area contributed by atoms with Gasteiger partial charge in [-0.25, -0.2) is 4.79 Å². The van der Waals surface area contributed by atoms with E-state index in [4.69, 9.17) is 14.6 Å². The van der Waals surface area contributed by atoms with Crippen molar-refractivity contribution in [1.29, 1.82) is 0 Å². The summed E-state index contributed by atoms with van der Waals surface area (Å²) in [7, 11) is 1.72. The molecule has 0 radical (unpaired) electrons. The van der Waals surface area contributed by atoms with E-state index in [2.05, 4.69) is 20.9 Å². The van der Waals surface area contributed by atoms with Gasteiger partial charge in [0.1, 0.15) is 17.2 Å². The zero-order valence-electron chi connectivity index (χ0n) is 22.0. The molecule has 0 saturated heterocycles. The minimum Gasteiger partial charge on any atom is -0.494 e. The molecule has 4 aromatic rings. The van der Waals surface area contributed by atoms with Gasteiger partial charge < -0.3 is 30.3 Å². The Bertz CT molecular complexity index is 1570. The summed E-state index contributed by atoms with van der Waals surface area (Å²) in [4.78, 5) is 37.5. The van der Waals surface area contributed by atoms with Gasteiger partial charge in [-0.3, -0.25) is 19.9 Å². The van der Waals surface area contributed by atoms with Gasteiger partial charge in [-0.15, -0.1) is 0 Å². The summed E-state index contributed by atoms with van der Waals surface area (Å²) < 4.78 is 11.6. The molecule has 0 spiro atoms. The molecular weight excluding hydrogens is 536 g/mol. The molecule has 0 aliphatic carbocycles. The van der Waals surface area contributed by atoms with Gasteiger partial charge in [0.15, 0.2) is 6.61 Å². The summed E-state index contributed by atoms with van der Waals surface area (Å²) in [6.07, 6.45) is -0.736. The number of carbonyl (C=O) groups excluding carboxylic acids is 1. The van der Waals surface area contributed by atoms with Crippen LogP contribution in [0.25, 0.3) is 0 Å². The molecule has 208 valence electrons. The number of rotatable bonds is 10. The fraction of sp³-hybridized carbons (Fsp3) is 0.179. The zero-order valence-corrected chi connectivity index (χ0v) is 22.8. The molecule has 12 heteroatoms. The second kappa shape index (κ2) is 12.3. The van der Waals surface area contributed by atoms with E-state index in [9.17, 15) is 19.5 Å². The number of hydrogen-bond acceptors (Lipinski definition) is 8. The number of ether oxygens (including phenoxy) is 2. The van der Waals surface area contributed by atoms with Crippen molar-refractivity contribution in [3.05, 3.63) is 85.8 Å². The van der Waals surface area contributed by atoms with Crippen LogP contribution in [-0.4, -0.2) is 40.9 Å². The lowest BCUT2D eigenvalue weighted by atomic mass is 10.1. The van der Waals surface area contributed by atoms with Gasteiger partial charge in [0, 0.05) is 19.5 Å². The van der Waals surface area contributed by atoms with Crippen LogP contribution >= 0.6 is 11.3 Å². The third kappa shape index (κ3) is 7.11. The molecule has 0 aliphatic heterocycles. The highest BCUT2D eigenvalue weighted by Crippen LogP contribution is 2.33. The Kier molecular flexibility index (Phi) is 8.60. The van der Waals surface area contributed by atoms with Crippen molar-refractivity contribution in [2.24, 2.45) is 0 Å². The molecular formula is C28H28N4O7S. The number of benzene rings is 3. The van der Waals surface area contributed by atoms with Crippen LogP contribution in [0.15, 0.2) is 59.4 Å². The molecule has 1 heterocycles. The second-order valence-electron chi connectivity index (χ2n) is 8.87. The standard InChI is InChI=1S/C28H28N4O7S/c1-15-10-20(11-16(2)25(15)31-27(35)36)39-19-8-9-21(22(13-19)29-3)30-24(33)14-38-18-6-4-17(5-7-18)12-23-26(34)32-28(37)40-23/h4-11,13,29,31,34H,12,14H2,1-3H3,(H,30,33)(H,32,37)(H,35,36). The van der Waals surface area contributed by atoms with Gasteiger partial charge in [0.05, 0.1) is 21.9 Å². The first-order chi connectivity index (χ1) is 19.1. The number of aromatic amines is 1. The number of thiazole rings is 1. The Morgan fingerprint density at radius 1 is 0.925 bits per heavy atom. The minimum absolute atomic E-state index is 0.123. The Balaban J connectivity index is 1.34. The topological polar surface area (TPSA) is 162 Å². The summed E-state index contributed by atoms with van der Waals surface area (Å²) in [5, 5.41) is 27.0. The van der Waals surface area contributed by atoms with Gasteiger partial charge >= 0.3 is 11.0 Å². The van der Waals surface area contributed by atoms with Crippen LogP contribution in [0.1, 0.15) is 21.6 Å². The average Bonchev–Trinajstić information content (AvgIpc) is 3.22. The number of carbonyl (C=O) groups is 2. The molecule has 0 unspecified atom stereocenters. The predicted octanol–water partition coefficient (Wildman–Crippen LogP) is 5.29. The first-order valence-electron chi connectivity index (χ1n) is 12.1. The van der Waals surface area contributed by atoms with Gasteiger partial charge in [-0.2, -0.15) is 0 Å². The first-order valence-corrected chi connectivity index (χ1v) is 13.0. The molecule has 40 heavy (non-hydrogen) atoms. The maximum atomic E-state index is 12.6. The average molecular weight is 565 g/mol. The van der Waals surface area contributed by atoms with Crippen molar-refractivity contribution >= 4 is 40.4 Å². The normalized spacial score (nSPS) is 10.6. The third-order valence-electron chi connectivity index (χ3n) is 5.87. The fourth-order valence-electron chi connectivity index (χ4n) is 4.02. The van der Waals surface area contributed by atoms with Crippen molar-refractivity contribution in [2.45, 2.75) is 20.3 Å². The number of hydrogen-bond donors (Lipinski definition) is 6. The number of aromatic nitrogens is 1. The number of aryl methyl sites for hydroxylation is 2. The van der Waals surface area contributed by atoms with E-state index in [1.54, 1.807) is 75.5 Å². The number of H-pyrrole nitrogens is 1. The molecule has 2 amide bonds. The summed E-state index contributed by atoms with van der Waals surface area (Å²) in [5.41, 5.74) is 4.01. The van der Waals surface area contributed by atoms with E-state index in [0.29, 0.717) is 45.6 Å². The molecule has 0 bridgehead atoms. The molecule has 6 N–H and O–H groups in total. The highest BCUT2D eigenvalue weighted by Gasteiger charge is 2.12. The summed E-state index contributed by atoms with van der Waals surface area (Å²) in [5.74, 6) is 1.09. The van der Waals surface area contributed by atoms with Gasteiger partial charge in [0.2, 0.25) is 5.88 Å². The van der Waals surface area contributed by atoms with Crippen molar-refractivity contribution in [3.8, 4) is 23.1 Å². The van der Waals surface area contributed by atoms with Crippen molar-refractivity contribution < 1.29 is 29.3 Å². The maximum absolute atomic E-state index is 12.6. The van der Waals surface area contributed by atoms with E-state index >= 15 is 0 Å². The lowest BCUT2D eigenvalue weighted by Crippen LogP contribution is -2.20. The van der Waals surface area contributed by atoms with Crippen LogP contribution in [0.3, 0.4) is 0 Å². The number of aromatic hydroxyl groups is 1. The van der Waals surface area contributed by atoms with Crippen LogP contribution in [0, 0.1) is 13.8 Å². The molecule has 0 fully saturated rings. The number of carboxylic acid groups (broad SMARTS) is 1. The molecule has 0 atom stereocenters. The van der Waals surface area contributed by atoms with Crippen LogP contribution in [0.4, 0.5) is 21.9 Å². The van der Waals surface area contributed by atoms with E-state index in [0.717, 1.165) is 28.0 Å². The van der Waals surface area contributed by atoms with Gasteiger partial charge in [-0.05, 0) is 66.9 Å². The Morgan fingerprint density at radius 2 is 1.60 bits per heavy atom. The molecule has 0 aliphatic rings. The van der Waals surface area contributed by atoms with Gasteiger partial charge in [-0.1, -0.05) is 23.5 Å². The largest absolute Gasteiger partial charge is 0.494 e. The van der Waals surface area contributed by atoms with Crippen LogP contribution < -0.4 is 30.3 Å². The van der Waals surface area contributed by atoms with Crippen LogP contribution in [-0.2, 0) is 11.2 Å². The SMILES string of the molecule is CNc1cc(Oc2cc(C)c(NC(=O)O)c(C)c2)ccc1NC(=O)COc1ccc(Cc2sc(=O)[nH]c2O)cc1. The number of anilines is 3. The number of nitrogens with one attached hydrogen (secondary N) is 4. The summed E-state index contributed by atoms with van der Waals surface area (Å²) in [6.45, 7) is 3.37. The highest BCUT2D eigenvalue weighted by atomic mass is 32.1. The fourth-order valence-corrected chi connectivity index (χ4v) is 4.78. The molecule has 1 aromatic heterocycles. The summed E-state index contributed by atoms with van der Waals surface area (Å²) >= 11 is 0.957. The molecule has 0 saturated carbocycles.